The van der Waals surface area contributed by atoms with Gasteiger partial charge in [-0.25, -0.2) is 0 Å². The van der Waals surface area contributed by atoms with Crippen LogP contribution in [-0.2, 0) is 0 Å². The second kappa shape index (κ2) is 5.66. The van der Waals surface area contributed by atoms with Crippen LogP contribution in [0.2, 0.25) is 0 Å². The van der Waals surface area contributed by atoms with Crippen molar-refractivity contribution in [1.29, 1.82) is 0 Å². The third-order valence-corrected chi connectivity index (χ3v) is 2.03. The molecule has 0 saturated heterocycles. The van der Waals surface area contributed by atoms with Crippen LogP contribution < -0.4 is 10.6 Å². The van der Waals surface area contributed by atoms with E-state index in [1.54, 1.807) is 6.92 Å². The topological polar surface area (TPSA) is 64.5 Å². The van der Waals surface area contributed by atoms with Crippen LogP contribution in [0.5, 0.6) is 0 Å². The van der Waals surface area contributed by atoms with Crippen molar-refractivity contribution >= 4 is 0 Å². The Kier molecular flexibility index (Phi) is 5.59. The molecule has 0 unspecified atom stereocenters. The first-order valence-corrected chi connectivity index (χ1v) is 5.05. The van der Waals surface area contributed by atoms with Gasteiger partial charge in [0.2, 0.25) is 0 Å². The molecule has 4 nitrogen and oxygen atoms in total. The lowest BCUT2D eigenvalue weighted by Crippen LogP contribution is -2.52. The molecule has 0 saturated carbocycles. The van der Waals surface area contributed by atoms with Crippen LogP contribution in [0, 0.1) is 0 Å². The van der Waals surface area contributed by atoms with E-state index in [0.29, 0.717) is 0 Å². The molecule has 0 fully saturated rings. The highest BCUT2D eigenvalue weighted by Gasteiger charge is 2.20. The van der Waals surface area contributed by atoms with Crippen molar-refractivity contribution in [3.8, 4) is 0 Å². The average molecular weight is 204 g/mol. The van der Waals surface area contributed by atoms with E-state index in [1.807, 2.05) is 0 Å². The van der Waals surface area contributed by atoms with Crippen molar-refractivity contribution in [2.75, 3.05) is 26.3 Å². The quantitative estimate of drug-likeness (QED) is 0.449. The molecule has 0 bridgehead atoms. The van der Waals surface area contributed by atoms with E-state index in [0.717, 1.165) is 13.1 Å². The van der Waals surface area contributed by atoms with Gasteiger partial charge in [-0.05, 0) is 27.7 Å². The summed E-state index contributed by atoms with van der Waals surface area (Å²) in [4.78, 5) is 0. The minimum Gasteiger partial charge on any atom is -0.394 e. The van der Waals surface area contributed by atoms with Gasteiger partial charge in [-0.15, -0.1) is 0 Å². The van der Waals surface area contributed by atoms with Gasteiger partial charge >= 0.3 is 0 Å². The SMILES string of the molecule is CC(C)(C)NCCNC(C)(CO)CO. The number of aliphatic hydroxyl groups is 2. The molecule has 4 heteroatoms. The standard InChI is InChI=1S/C10H24N2O2/c1-9(2,3)11-5-6-12-10(4,7-13)8-14/h11-14H,5-8H2,1-4H3. The molecule has 0 aliphatic rings. The number of hydrogen-bond donors (Lipinski definition) is 4. The summed E-state index contributed by atoms with van der Waals surface area (Å²) in [5.74, 6) is 0. The van der Waals surface area contributed by atoms with E-state index < -0.39 is 5.54 Å². The minimum absolute atomic E-state index is 0.0565. The molecule has 86 valence electrons. The molecule has 0 aromatic carbocycles. The summed E-state index contributed by atoms with van der Waals surface area (Å²) in [6.45, 7) is 9.54. The van der Waals surface area contributed by atoms with Gasteiger partial charge in [0.25, 0.3) is 0 Å². The Morgan fingerprint density at radius 2 is 1.29 bits per heavy atom. The lowest BCUT2D eigenvalue weighted by molar-refractivity contribution is 0.104. The van der Waals surface area contributed by atoms with E-state index in [9.17, 15) is 0 Å². The summed E-state index contributed by atoms with van der Waals surface area (Å²) >= 11 is 0. The molecule has 0 aliphatic heterocycles. The Balaban J connectivity index is 3.63. The maximum atomic E-state index is 9.00. The van der Waals surface area contributed by atoms with Gasteiger partial charge in [0.1, 0.15) is 0 Å². The van der Waals surface area contributed by atoms with Crippen molar-refractivity contribution in [3.63, 3.8) is 0 Å². The Morgan fingerprint density at radius 1 is 0.857 bits per heavy atom. The summed E-state index contributed by atoms with van der Waals surface area (Å²) in [7, 11) is 0. The van der Waals surface area contributed by atoms with Crippen molar-refractivity contribution in [1.82, 2.24) is 10.6 Å². The predicted molar refractivity (Wildman–Crippen MR) is 58.3 cm³/mol. The van der Waals surface area contributed by atoms with Crippen LogP contribution >= 0.6 is 0 Å². The molecule has 14 heavy (non-hydrogen) atoms. The average Bonchev–Trinajstić information content (AvgIpc) is 2.11. The van der Waals surface area contributed by atoms with Crippen LogP contribution in [0.4, 0.5) is 0 Å². The summed E-state index contributed by atoms with van der Waals surface area (Å²) < 4.78 is 0. The van der Waals surface area contributed by atoms with Crippen LogP contribution in [0.25, 0.3) is 0 Å². The number of rotatable bonds is 6. The highest BCUT2D eigenvalue weighted by atomic mass is 16.3. The van der Waals surface area contributed by atoms with Crippen LogP contribution in [-0.4, -0.2) is 47.6 Å². The second-order valence-corrected chi connectivity index (χ2v) is 4.98. The number of hydrogen-bond acceptors (Lipinski definition) is 4. The molecule has 0 heterocycles. The first kappa shape index (κ1) is 13.8. The fraction of sp³-hybridized carbons (Fsp3) is 1.00. The first-order valence-electron chi connectivity index (χ1n) is 5.05. The fourth-order valence-corrected chi connectivity index (χ4v) is 0.964. The highest BCUT2D eigenvalue weighted by Crippen LogP contribution is 2.00. The van der Waals surface area contributed by atoms with E-state index in [4.69, 9.17) is 10.2 Å². The van der Waals surface area contributed by atoms with E-state index in [1.165, 1.54) is 0 Å². The fourth-order valence-electron chi connectivity index (χ4n) is 0.964. The monoisotopic (exact) mass is 204 g/mol. The van der Waals surface area contributed by atoms with Gasteiger partial charge in [-0.1, -0.05) is 0 Å². The molecule has 0 aromatic heterocycles. The second-order valence-electron chi connectivity index (χ2n) is 4.98. The highest BCUT2D eigenvalue weighted by molar-refractivity contribution is 4.82. The van der Waals surface area contributed by atoms with Crippen molar-refractivity contribution < 1.29 is 10.2 Å². The summed E-state index contributed by atoms with van der Waals surface area (Å²) in [6, 6.07) is 0. The summed E-state index contributed by atoms with van der Waals surface area (Å²) in [6.07, 6.45) is 0. The van der Waals surface area contributed by atoms with Crippen molar-refractivity contribution in [2.24, 2.45) is 0 Å². The molecule has 0 aliphatic carbocycles. The van der Waals surface area contributed by atoms with Crippen LogP contribution in [0.3, 0.4) is 0 Å². The van der Waals surface area contributed by atoms with Gasteiger partial charge in [0, 0.05) is 18.6 Å². The molecular formula is C10H24N2O2. The van der Waals surface area contributed by atoms with Gasteiger partial charge < -0.3 is 20.8 Å². The lowest BCUT2D eigenvalue weighted by Gasteiger charge is -2.28. The number of aliphatic hydroxyl groups excluding tert-OH is 2. The van der Waals surface area contributed by atoms with Crippen molar-refractivity contribution in [3.05, 3.63) is 0 Å². The molecule has 0 radical (unpaired) electrons. The van der Waals surface area contributed by atoms with E-state index >= 15 is 0 Å². The normalized spacial score (nSPS) is 13.3. The zero-order valence-electron chi connectivity index (χ0n) is 9.72. The Morgan fingerprint density at radius 3 is 1.64 bits per heavy atom. The smallest absolute Gasteiger partial charge is 0.0633 e. The molecule has 0 atom stereocenters. The van der Waals surface area contributed by atoms with Gasteiger partial charge in [0.15, 0.2) is 0 Å². The molecule has 0 aromatic rings. The Bertz CT molecular complexity index is 151. The first-order chi connectivity index (χ1) is 6.33. The molecule has 0 spiro atoms. The van der Waals surface area contributed by atoms with Gasteiger partial charge in [0.05, 0.1) is 18.8 Å². The van der Waals surface area contributed by atoms with E-state index in [-0.39, 0.29) is 18.8 Å². The number of nitrogens with one attached hydrogen (secondary N) is 2. The lowest BCUT2D eigenvalue weighted by atomic mass is 10.1. The summed E-state index contributed by atoms with van der Waals surface area (Å²) in [5.41, 5.74) is -0.462. The minimum atomic E-state index is -0.570. The Labute approximate surface area is 86.7 Å². The third-order valence-electron chi connectivity index (χ3n) is 2.03. The largest absolute Gasteiger partial charge is 0.394 e. The zero-order chi connectivity index (χ0) is 11.2. The predicted octanol–water partition coefficient (Wildman–Crippen LogP) is -0.293. The molecule has 4 N–H and O–H groups in total. The third kappa shape index (κ3) is 6.32. The van der Waals surface area contributed by atoms with Crippen LogP contribution in [0.15, 0.2) is 0 Å². The Hall–Kier alpha value is -0.160. The zero-order valence-corrected chi connectivity index (χ0v) is 9.72. The van der Waals surface area contributed by atoms with Gasteiger partial charge in [-0.2, -0.15) is 0 Å². The van der Waals surface area contributed by atoms with E-state index in [2.05, 4.69) is 31.4 Å². The molecule has 0 amide bonds. The maximum Gasteiger partial charge on any atom is 0.0633 e. The maximum absolute atomic E-state index is 9.00. The molecular weight excluding hydrogens is 180 g/mol. The summed E-state index contributed by atoms with van der Waals surface area (Å²) in [5, 5.41) is 24.4. The van der Waals surface area contributed by atoms with Crippen LogP contribution in [0.1, 0.15) is 27.7 Å². The van der Waals surface area contributed by atoms with Gasteiger partial charge in [-0.3, -0.25) is 0 Å². The molecule has 0 rings (SSSR count). The van der Waals surface area contributed by atoms with Crippen molar-refractivity contribution in [2.45, 2.75) is 38.8 Å².